The van der Waals surface area contributed by atoms with Crippen molar-refractivity contribution in [3.8, 4) is 0 Å². The van der Waals surface area contributed by atoms with E-state index in [1.54, 1.807) is 4.90 Å². The van der Waals surface area contributed by atoms with Crippen molar-refractivity contribution in [2.24, 2.45) is 17.3 Å². The Morgan fingerprint density at radius 1 is 0.886 bits per heavy atom. The fourth-order valence-corrected chi connectivity index (χ4v) is 8.22. The second-order valence-corrected chi connectivity index (χ2v) is 14.3. The molecule has 232 valence electrons. The van der Waals surface area contributed by atoms with Gasteiger partial charge >= 0.3 is 0 Å². The van der Waals surface area contributed by atoms with Gasteiger partial charge in [-0.1, -0.05) is 93.6 Å². The van der Waals surface area contributed by atoms with Gasteiger partial charge in [0.25, 0.3) is 0 Å². The molecule has 1 spiro atoms. The summed E-state index contributed by atoms with van der Waals surface area (Å²) in [5.74, 6) is -2.58. The van der Waals surface area contributed by atoms with E-state index >= 15 is 0 Å². The molecule has 44 heavy (non-hydrogen) atoms. The maximum absolute atomic E-state index is 15.0. The van der Waals surface area contributed by atoms with E-state index in [0.717, 1.165) is 17.7 Å². The number of para-hydroxylation sites is 1. The summed E-state index contributed by atoms with van der Waals surface area (Å²) in [5.41, 5.74) is -0.518. The number of benzene rings is 2. The molecule has 0 saturated carbocycles. The molecule has 3 amide bonds. The van der Waals surface area contributed by atoms with Gasteiger partial charge in [0, 0.05) is 24.3 Å². The Morgan fingerprint density at radius 2 is 1.55 bits per heavy atom. The van der Waals surface area contributed by atoms with Crippen LogP contribution in [0.4, 0.5) is 5.69 Å². The molecule has 8 heteroatoms. The number of amides is 3. The zero-order valence-electron chi connectivity index (χ0n) is 26.2. The molecule has 2 saturated heterocycles. The van der Waals surface area contributed by atoms with Crippen LogP contribution in [0.1, 0.15) is 52.6 Å². The fraction of sp³-hybridized carbons (Fsp3) is 0.472. The third kappa shape index (κ3) is 4.88. The van der Waals surface area contributed by atoms with E-state index in [9.17, 15) is 19.5 Å². The monoisotopic (exact) mass is 597 g/mol. The lowest BCUT2D eigenvalue weighted by Gasteiger charge is -2.45. The van der Waals surface area contributed by atoms with Gasteiger partial charge in [0.2, 0.25) is 17.7 Å². The maximum atomic E-state index is 15.0. The summed E-state index contributed by atoms with van der Waals surface area (Å²) >= 11 is 0. The van der Waals surface area contributed by atoms with Crippen LogP contribution in [0.15, 0.2) is 85.0 Å². The largest absolute Gasteiger partial charge is 0.394 e. The summed E-state index contributed by atoms with van der Waals surface area (Å²) in [6.45, 7) is 10.9. The van der Waals surface area contributed by atoms with E-state index in [4.69, 9.17) is 4.74 Å². The van der Waals surface area contributed by atoms with Crippen molar-refractivity contribution in [1.82, 2.24) is 9.80 Å². The van der Waals surface area contributed by atoms with Crippen molar-refractivity contribution in [2.75, 3.05) is 24.6 Å². The number of nitrogens with zero attached hydrogens (tertiary/aromatic N) is 3. The highest BCUT2D eigenvalue weighted by Crippen LogP contribution is 2.55. The van der Waals surface area contributed by atoms with Crippen molar-refractivity contribution in [1.29, 1.82) is 0 Å². The van der Waals surface area contributed by atoms with Crippen molar-refractivity contribution >= 4 is 23.4 Å². The van der Waals surface area contributed by atoms with Crippen molar-refractivity contribution < 1.29 is 24.2 Å². The average Bonchev–Trinajstić information content (AvgIpc) is 3.28. The summed E-state index contributed by atoms with van der Waals surface area (Å²) in [5, 5.41) is 10.8. The summed E-state index contributed by atoms with van der Waals surface area (Å²) in [7, 11) is 0. The summed E-state index contributed by atoms with van der Waals surface area (Å²) in [6, 6.07) is 16.9. The fourth-order valence-electron chi connectivity index (χ4n) is 8.22. The Morgan fingerprint density at radius 3 is 2.18 bits per heavy atom. The molecule has 8 nitrogen and oxygen atoms in total. The van der Waals surface area contributed by atoms with Gasteiger partial charge in [0.1, 0.15) is 11.6 Å². The maximum Gasteiger partial charge on any atom is 0.249 e. The Kier molecular flexibility index (Phi) is 7.57. The van der Waals surface area contributed by atoms with Gasteiger partial charge in [-0.3, -0.25) is 14.4 Å². The molecule has 0 bridgehead atoms. The van der Waals surface area contributed by atoms with Crippen LogP contribution >= 0.6 is 0 Å². The lowest BCUT2D eigenvalue weighted by molar-refractivity contribution is -0.154. The molecule has 1 unspecified atom stereocenters. The van der Waals surface area contributed by atoms with Crippen LogP contribution in [0.3, 0.4) is 0 Å². The molecule has 2 aromatic rings. The Hall–Kier alpha value is -3.75. The zero-order valence-corrected chi connectivity index (χ0v) is 26.2. The number of rotatable bonds is 6. The second-order valence-electron chi connectivity index (χ2n) is 14.3. The SMILES string of the molecule is CC(C)(C)CC(C)(C)N1CC=C[C@]23O[C@@H]4C=CCN(c5ccccc5)C(=O)[C@@H]4[C@H]2C(=O)N([C@H](CO)c2ccccc2)C3C1=O. The van der Waals surface area contributed by atoms with E-state index in [1.165, 1.54) is 4.90 Å². The van der Waals surface area contributed by atoms with Crippen LogP contribution in [0.25, 0.3) is 0 Å². The number of carbonyl (C=O) groups is 3. The predicted molar refractivity (Wildman–Crippen MR) is 168 cm³/mol. The molecule has 6 rings (SSSR count). The molecule has 0 aromatic heterocycles. The summed E-state index contributed by atoms with van der Waals surface area (Å²) in [6.07, 6.45) is 7.64. The first kappa shape index (κ1) is 30.3. The molecular weight excluding hydrogens is 554 g/mol. The molecule has 0 radical (unpaired) electrons. The van der Waals surface area contributed by atoms with E-state index < -0.39 is 41.2 Å². The Bertz CT molecular complexity index is 1480. The van der Waals surface area contributed by atoms with Crippen LogP contribution in [-0.2, 0) is 19.1 Å². The van der Waals surface area contributed by atoms with Crippen LogP contribution < -0.4 is 4.90 Å². The number of fused-ring (bicyclic) bond motifs is 2. The molecule has 4 aliphatic heterocycles. The minimum absolute atomic E-state index is 0.0575. The molecule has 4 aliphatic rings. The van der Waals surface area contributed by atoms with E-state index in [2.05, 4.69) is 34.6 Å². The quantitative estimate of drug-likeness (QED) is 0.495. The molecule has 1 N–H and O–H groups in total. The number of aliphatic hydroxyl groups excluding tert-OH is 1. The lowest BCUT2D eigenvalue weighted by Crippen LogP contribution is -2.60. The van der Waals surface area contributed by atoms with Crippen molar-refractivity contribution in [2.45, 2.75) is 70.4 Å². The smallest absolute Gasteiger partial charge is 0.249 e. The molecule has 4 heterocycles. The van der Waals surface area contributed by atoms with Crippen molar-refractivity contribution in [3.05, 3.63) is 90.5 Å². The zero-order chi connectivity index (χ0) is 31.4. The number of likely N-dealkylation sites (tertiary alicyclic amines) is 1. The predicted octanol–water partition coefficient (Wildman–Crippen LogP) is 4.52. The van der Waals surface area contributed by atoms with Gasteiger partial charge in [-0.05, 0) is 43.4 Å². The standard InChI is InChI=1S/C36H43N3O5/c1-34(2,3)23-35(4,5)38-21-13-19-36-29(28-27(44-36)18-12-20-37(31(28)41)25-16-10-7-11-17-25)32(42)39(30(36)33(38)43)26(22-40)24-14-8-6-9-15-24/h6-19,26-30,40H,20-23H2,1-5H3/t26-,27-,28+,29+,30?,36+/m1/s1. The summed E-state index contributed by atoms with van der Waals surface area (Å²) in [4.78, 5) is 49.3. The van der Waals surface area contributed by atoms with E-state index in [0.29, 0.717) is 13.1 Å². The summed E-state index contributed by atoms with van der Waals surface area (Å²) < 4.78 is 6.85. The minimum Gasteiger partial charge on any atom is -0.394 e. The van der Waals surface area contributed by atoms with Crippen LogP contribution in [0.2, 0.25) is 0 Å². The average molecular weight is 598 g/mol. The molecule has 6 atom stereocenters. The highest BCUT2D eigenvalue weighted by molar-refractivity contribution is 6.04. The van der Waals surface area contributed by atoms with Gasteiger partial charge in [0.15, 0.2) is 0 Å². The first-order valence-electron chi connectivity index (χ1n) is 15.6. The Labute approximate surface area is 260 Å². The number of ether oxygens (including phenoxy) is 1. The molecule has 2 aromatic carbocycles. The van der Waals surface area contributed by atoms with Gasteiger partial charge in [-0.15, -0.1) is 0 Å². The number of hydrogen-bond acceptors (Lipinski definition) is 5. The number of aliphatic hydroxyl groups is 1. The minimum atomic E-state index is -1.38. The first-order valence-corrected chi connectivity index (χ1v) is 15.6. The third-order valence-electron chi connectivity index (χ3n) is 9.55. The lowest BCUT2D eigenvalue weighted by atomic mass is 9.77. The molecular formula is C36H43N3O5. The Balaban J connectivity index is 1.49. The number of hydrogen-bond donors (Lipinski definition) is 1. The van der Waals surface area contributed by atoms with Crippen LogP contribution in [0, 0.1) is 17.3 Å². The van der Waals surface area contributed by atoms with Crippen LogP contribution in [0.5, 0.6) is 0 Å². The number of carbonyl (C=O) groups excluding carboxylic acids is 3. The second kappa shape index (κ2) is 11.0. The van der Waals surface area contributed by atoms with Crippen molar-refractivity contribution in [3.63, 3.8) is 0 Å². The normalized spacial score (nSPS) is 29.3. The van der Waals surface area contributed by atoms with Crippen LogP contribution in [-0.4, -0.2) is 75.6 Å². The molecule has 2 fully saturated rings. The molecule has 0 aliphatic carbocycles. The van der Waals surface area contributed by atoms with Gasteiger partial charge < -0.3 is 24.5 Å². The van der Waals surface area contributed by atoms with E-state index in [1.807, 2.05) is 89.9 Å². The topological polar surface area (TPSA) is 90.4 Å². The number of anilines is 1. The van der Waals surface area contributed by atoms with Gasteiger partial charge in [0.05, 0.1) is 30.6 Å². The third-order valence-corrected chi connectivity index (χ3v) is 9.55. The van der Waals surface area contributed by atoms with Gasteiger partial charge in [-0.2, -0.15) is 0 Å². The van der Waals surface area contributed by atoms with E-state index in [-0.39, 0.29) is 29.7 Å². The first-order chi connectivity index (χ1) is 20.9. The van der Waals surface area contributed by atoms with Gasteiger partial charge in [-0.25, -0.2) is 0 Å². The highest BCUT2D eigenvalue weighted by Gasteiger charge is 2.73. The highest BCUT2D eigenvalue weighted by atomic mass is 16.5.